The molecule has 5 heteroatoms. The van der Waals surface area contributed by atoms with E-state index in [-0.39, 0.29) is 6.04 Å². The van der Waals surface area contributed by atoms with Gasteiger partial charge in [-0.1, -0.05) is 18.2 Å². The Hall–Kier alpha value is -2.79. The van der Waals surface area contributed by atoms with E-state index in [1.807, 2.05) is 55.1 Å². The van der Waals surface area contributed by atoms with Crippen LogP contribution in [0.2, 0.25) is 0 Å². The topological polar surface area (TPSA) is 69.6 Å². The van der Waals surface area contributed by atoms with Crippen molar-refractivity contribution >= 4 is 12.2 Å². The second-order valence-corrected chi connectivity index (χ2v) is 5.96. The minimum absolute atomic E-state index is 0.257. The lowest BCUT2D eigenvalue weighted by Gasteiger charge is -2.16. The molecule has 0 spiro atoms. The van der Waals surface area contributed by atoms with Crippen LogP contribution >= 0.6 is 0 Å². The normalized spacial score (nSPS) is 14.1. The zero-order valence-electron chi connectivity index (χ0n) is 14.8. The molecule has 0 aliphatic carbocycles. The van der Waals surface area contributed by atoms with E-state index in [0.29, 0.717) is 6.42 Å². The number of aryl methyl sites for hydroxylation is 1. The molecule has 2 N–H and O–H groups in total. The van der Waals surface area contributed by atoms with E-state index in [9.17, 15) is 0 Å². The average molecular weight is 333 g/mol. The van der Waals surface area contributed by atoms with Gasteiger partial charge in [0.1, 0.15) is 0 Å². The SMILES string of the molecule is C/C=c1/cnn(-c2cccnc2[C@@H](N)Cc2ncccc2C)/c1=C/C. The molecule has 0 saturated carbocycles. The fourth-order valence-corrected chi connectivity index (χ4v) is 2.98. The molecule has 0 amide bonds. The van der Waals surface area contributed by atoms with Crippen LogP contribution in [0, 0.1) is 6.92 Å². The van der Waals surface area contributed by atoms with Gasteiger partial charge in [0.25, 0.3) is 0 Å². The first-order chi connectivity index (χ1) is 12.2. The van der Waals surface area contributed by atoms with Crippen LogP contribution in [-0.2, 0) is 6.42 Å². The fraction of sp³-hybridized carbons (Fsp3) is 0.250. The summed E-state index contributed by atoms with van der Waals surface area (Å²) in [7, 11) is 0. The zero-order valence-corrected chi connectivity index (χ0v) is 14.8. The van der Waals surface area contributed by atoms with Gasteiger partial charge in [0.15, 0.2) is 0 Å². The van der Waals surface area contributed by atoms with Gasteiger partial charge in [-0.3, -0.25) is 9.97 Å². The number of aromatic nitrogens is 4. The number of pyridine rings is 2. The minimum Gasteiger partial charge on any atom is -0.322 e. The molecule has 0 aromatic carbocycles. The summed E-state index contributed by atoms with van der Waals surface area (Å²) in [6.07, 6.45) is 10.2. The van der Waals surface area contributed by atoms with E-state index in [4.69, 9.17) is 5.73 Å². The molecule has 0 aliphatic rings. The molecule has 3 rings (SSSR count). The maximum absolute atomic E-state index is 6.50. The van der Waals surface area contributed by atoms with Crippen molar-refractivity contribution in [3.63, 3.8) is 0 Å². The van der Waals surface area contributed by atoms with Gasteiger partial charge >= 0.3 is 0 Å². The van der Waals surface area contributed by atoms with E-state index in [1.54, 1.807) is 12.4 Å². The Morgan fingerprint density at radius 2 is 1.88 bits per heavy atom. The molecule has 128 valence electrons. The molecule has 3 heterocycles. The first kappa shape index (κ1) is 17.0. The van der Waals surface area contributed by atoms with Gasteiger partial charge in [0, 0.05) is 29.7 Å². The number of hydrogen-bond donors (Lipinski definition) is 1. The summed E-state index contributed by atoms with van der Waals surface area (Å²) in [5.41, 5.74) is 10.4. The maximum atomic E-state index is 6.50. The molecular weight excluding hydrogens is 310 g/mol. The summed E-state index contributed by atoms with van der Waals surface area (Å²) in [5, 5.41) is 6.67. The molecule has 5 nitrogen and oxygen atoms in total. The van der Waals surface area contributed by atoms with Crippen LogP contribution < -0.4 is 16.3 Å². The molecule has 0 fully saturated rings. The highest BCUT2D eigenvalue weighted by molar-refractivity contribution is 5.40. The van der Waals surface area contributed by atoms with Crippen LogP contribution in [0.5, 0.6) is 0 Å². The Morgan fingerprint density at radius 1 is 1.12 bits per heavy atom. The third-order valence-electron chi connectivity index (χ3n) is 4.35. The molecular formula is C20H23N5. The van der Waals surface area contributed by atoms with Crippen molar-refractivity contribution in [2.24, 2.45) is 5.73 Å². The van der Waals surface area contributed by atoms with E-state index in [1.165, 1.54) is 0 Å². The smallest absolute Gasteiger partial charge is 0.0884 e. The molecule has 0 unspecified atom stereocenters. The Balaban J connectivity index is 2.05. The second-order valence-electron chi connectivity index (χ2n) is 5.96. The molecule has 0 aliphatic heterocycles. The highest BCUT2D eigenvalue weighted by atomic mass is 15.3. The third kappa shape index (κ3) is 3.37. The van der Waals surface area contributed by atoms with Crippen molar-refractivity contribution < 1.29 is 0 Å². The lowest BCUT2D eigenvalue weighted by Crippen LogP contribution is -2.29. The standard InChI is InChI=1S/C20H23N5/c1-4-15-13-24-25(18(15)5-2)19-9-7-11-23-20(19)16(21)12-17-14(3)8-6-10-22-17/h4-11,13,16H,12,21H2,1-3H3/b15-4-,18-5+/t16-/m0/s1. The van der Waals surface area contributed by atoms with Crippen molar-refractivity contribution in [3.8, 4) is 5.69 Å². The first-order valence-corrected chi connectivity index (χ1v) is 8.43. The number of hydrogen-bond acceptors (Lipinski definition) is 4. The second kappa shape index (κ2) is 7.40. The summed E-state index contributed by atoms with van der Waals surface area (Å²) < 4.78 is 1.91. The van der Waals surface area contributed by atoms with Crippen LogP contribution in [0.15, 0.2) is 42.9 Å². The molecule has 1 atom stereocenters. The Bertz CT molecular complexity index is 987. The Morgan fingerprint density at radius 3 is 2.60 bits per heavy atom. The summed E-state index contributed by atoms with van der Waals surface area (Å²) in [6, 6.07) is 7.65. The Kier molecular flexibility index (Phi) is 5.05. The summed E-state index contributed by atoms with van der Waals surface area (Å²) in [6.45, 7) is 6.07. The van der Waals surface area contributed by atoms with Gasteiger partial charge in [0.2, 0.25) is 0 Å². The molecule has 3 aromatic rings. The minimum atomic E-state index is -0.257. The summed E-state index contributed by atoms with van der Waals surface area (Å²) in [5.74, 6) is 0. The van der Waals surface area contributed by atoms with Gasteiger partial charge in [-0.05, 0) is 44.5 Å². The molecule has 0 saturated heterocycles. The van der Waals surface area contributed by atoms with Crippen LogP contribution in [0.1, 0.15) is 36.8 Å². The highest BCUT2D eigenvalue weighted by Crippen LogP contribution is 2.20. The van der Waals surface area contributed by atoms with E-state index in [2.05, 4.69) is 28.1 Å². The fourth-order valence-electron chi connectivity index (χ4n) is 2.98. The number of rotatable bonds is 4. The number of nitrogens with two attached hydrogens (primary N) is 1. The van der Waals surface area contributed by atoms with Gasteiger partial charge in [-0.25, -0.2) is 4.68 Å². The monoisotopic (exact) mass is 333 g/mol. The zero-order chi connectivity index (χ0) is 17.8. The Labute approximate surface area is 147 Å². The lowest BCUT2D eigenvalue weighted by atomic mass is 10.0. The third-order valence-corrected chi connectivity index (χ3v) is 4.35. The molecule has 0 radical (unpaired) electrons. The van der Waals surface area contributed by atoms with Crippen molar-refractivity contribution in [2.75, 3.05) is 0 Å². The molecule has 25 heavy (non-hydrogen) atoms. The van der Waals surface area contributed by atoms with E-state index in [0.717, 1.165) is 33.2 Å². The molecule has 3 aromatic heterocycles. The van der Waals surface area contributed by atoms with Gasteiger partial charge in [-0.15, -0.1) is 0 Å². The van der Waals surface area contributed by atoms with E-state index >= 15 is 0 Å². The van der Waals surface area contributed by atoms with Crippen molar-refractivity contribution in [1.82, 2.24) is 19.7 Å². The largest absolute Gasteiger partial charge is 0.322 e. The van der Waals surface area contributed by atoms with Crippen LogP contribution in [0.4, 0.5) is 0 Å². The maximum Gasteiger partial charge on any atom is 0.0884 e. The van der Waals surface area contributed by atoms with Crippen molar-refractivity contribution in [3.05, 3.63) is 70.4 Å². The summed E-state index contributed by atoms with van der Waals surface area (Å²) in [4.78, 5) is 9.01. The van der Waals surface area contributed by atoms with Crippen LogP contribution in [0.25, 0.3) is 17.8 Å². The molecule has 0 bridgehead atoms. The first-order valence-electron chi connectivity index (χ1n) is 8.43. The lowest BCUT2D eigenvalue weighted by molar-refractivity contribution is 0.665. The highest BCUT2D eigenvalue weighted by Gasteiger charge is 2.17. The van der Waals surface area contributed by atoms with Crippen LogP contribution in [0.3, 0.4) is 0 Å². The van der Waals surface area contributed by atoms with Crippen molar-refractivity contribution in [1.29, 1.82) is 0 Å². The van der Waals surface area contributed by atoms with Gasteiger partial charge in [-0.2, -0.15) is 5.10 Å². The average Bonchev–Trinajstić information content (AvgIpc) is 3.06. The van der Waals surface area contributed by atoms with Gasteiger partial charge < -0.3 is 5.73 Å². The van der Waals surface area contributed by atoms with Crippen molar-refractivity contribution in [2.45, 2.75) is 33.2 Å². The van der Waals surface area contributed by atoms with Gasteiger partial charge in [0.05, 0.1) is 29.0 Å². The quantitative estimate of drug-likeness (QED) is 0.791. The number of nitrogens with zero attached hydrogens (tertiary/aromatic N) is 4. The summed E-state index contributed by atoms with van der Waals surface area (Å²) >= 11 is 0. The predicted octanol–water partition coefficient (Wildman–Crippen LogP) is 1.81. The predicted molar refractivity (Wildman–Crippen MR) is 100 cm³/mol. The van der Waals surface area contributed by atoms with Crippen LogP contribution in [-0.4, -0.2) is 19.7 Å². The van der Waals surface area contributed by atoms with E-state index < -0.39 is 0 Å².